The number of hydrogen-bond acceptors (Lipinski definition) is 4. The van der Waals surface area contributed by atoms with E-state index in [0.29, 0.717) is 19.0 Å². The SMILES string of the molecule is CO[C@@H]1CN(C(=O)c2cccn(CC(=O)O)c2=O)CC[C@H]1C. The van der Waals surface area contributed by atoms with E-state index in [1.165, 1.54) is 18.3 Å². The lowest BCUT2D eigenvalue weighted by atomic mass is 9.95. The van der Waals surface area contributed by atoms with Crippen molar-refractivity contribution in [3.63, 3.8) is 0 Å². The van der Waals surface area contributed by atoms with Crippen LogP contribution in [0.3, 0.4) is 0 Å². The van der Waals surface area contributed by atoms with Crippen LogP contribution in [0.1, 0.15) is 23.7 Å². The summed E-state index contributed by atoms with van der Waals surface area (Å²) in [7, 11) is 1.61. The van der Waals surface area contributed by atoms with Gasteiger partial charge >= 0.3 is 5.97 Å². The van der Waals surface area contributed by atoms with Crippen molar-refractivity contribution < 1.29 is 19.4 Å². The Morgan fingerprint density at radius 3 is 2.82 bits per heavy atom. The first kappa shape index (κ1) is 16.2. The number of rotatable bonds is 4. The maximum Gasteiger partial charge on any atom is 0.323 e. The fourth-order valence-corrected chi connectivity index (χ4v) is 2.67. The van der Waals surface area contributed by atoms with E-state index in [2.05, 4.69) is 6.92 Å². The van der Waals surface area contributed by atoms with Crippen molar-refractivity contribution in [1.29, 1.82) is 0 Å². The molecule has 1 aliphatic rings. The van der Waals surface area contributed by atoms with Crippen molar-refractivity contribution in [2.45, 2.75) is 26.0 Å². The van der Waals surface area contributed by atoms with E-state index in [4.69, 9.17) is 9.84 Å². The highest BCUT2D eigenvalue weighted by Crippen LogP contribution is 2.20. The van der Waals surface area contributed by atoms with Gasteiger partial charge in [0.2, 0.25) is 0 Å². The minimum absolute atomic E-state index is 0.00634. The summed E-state index contributed by atoms with van der Waals surface area (Å²) < 4.78 is 6.40. The molecule has 22 heavy (non-hydrogen) atoms. The number of methoxy groups -OCH3 is 1. The number of likely N-dealkylation sites (tertiary alicyclic amines) is 1. The van der Waals surface area contributed by atoms with Crippen LogP contribution in [-0.2, 0) is 16.1 Å². The number of aromatic nitrogens is 1. The molecule has 120 valence electrons. The number of carbonyl (C=O) groups is 2. The molecule has 0 bridgehead atoms. The van der Waals surface area contributed by atoms with Gasteiger partial charge in [-0.2, -0.15) is 0 Å². The van der Waals surface area contributed by atoms with E-state index >= 15 is 0 Å². The van der Waals surface area contributed by atoms with E-state index < -0.39 is 18.1 Å². The summed E-state index contributed by atoms with van der Waals surface area (Å²) in [6.07, 6.45) is 2.12. The van der Waals surface area contributed by atoms with E-state index in [0.717, 1.165) is 11.0 Å². The minimum Gasteiger partial charge on any atom is -0.480 e. The zero-order chi connectivity index (χ0) is 16.3. The predicted molar refractivity (Wildman–Crippen MR) is 78.8 cm³/mol. The molecule has 0 saturated carbocycles. The Kier molecular flexibility index (Phi) is 4.97. The molecule has 1 aliphatic heterocycles. The third kappa shape index (κ3) is 3.36. The molecule has 0 aliphatic carbocycles. The van der Waals surface area contributed by atoms with Gasteiger partial charge in [-0.05, 0) is 24.5 Å². The number of carbonyl (C=O) groups excluding carboxylic acids is 1. The molecule has 2 heterocycles. The molecular formula is C15H20N2O5. The lowest BCUT2D eigenvalue weighted by Gasteiger charge is -2.36. The van der Waals surface area contributed by atoms with Crippen LogP contribution in [0, 0.1) is 5.92 Å². The van der Waals surface area contributed by atoms with Crippen molar-refractivity contribution >= 4 is 11.9 Å². The third-order valence-corrected chi connectivity index (χ3v) is 4.04. The molecule has 2 rings (SSSR count). The lowest BCUT2D eigenvalue weighted by Crippen LogP contribution is -2.48. The summed E-state index contributed by atoms with van der Waals surface area (Å²) in [5, 5.41) is 8.79. The van der Waals surface area contributed by atoms with Gasteiger partial charge in [0.15, 0.2) is 0 Å². The van der Waals surface area contributed by atoms with Crippen LogP contribution in [0.25, 0.3) is 0 Å². The predicted octanol–water partition coefficient (Wildman–Crippen LogP) is 0.430. The van der Waals surface area contributed by atoms with Crippen LogP contribution in [0.5, 0.6) is 0 Å². The average molecular weight is 308 g/mol. The van der Waals surface area contributed by atoms with Crippen LogP contribution in [0.15, 0.2) is 23.1 Å². The highest BCUT2D eigenvalue weighted by atomic mass is 16.5. The highest BCUT2D eigenvalue weighted by Gasteiger charge is 2.30. The monoisotopic (exact) mass is 308 g/mol. The van der Waals surface area contributed by atoms with Crippen LogP contribution in [0.2, 0.25) is 0 Å². The van der Waals surface area contributed by atoms with E-state index in [-0.39, 0.29) is 17.6 Å². The average Bonchev–Trinajstić information content (AvgIpc) is 2.49. The number of ether oxygens (including phenoxy) is 1. The Morgan fingerprint density at radius 2 is 2.18 bits per heavy atom. The van der Waals surface area contributed by atoms with Gasteiger partial charge in [0.1, 0.15) is 12.1 Å². The van der Waals surface area contributed by atoms with Gasteiger partial charge in [-0.1, -0.05) is 6.92 Å². The molecular weight excluding hydrogens is 288 g/mol. The maximum absolute atomic E-state index is 12.5. The molecule has 7 nitrogen and oxygen atoms in total. The van der Waals surface area contributed by atoms with Gasteiger partial charge in [-0.3, -0.25) is 14.4 Å². The largest absolute Gasteiger partial charge is 0.480 e. The Morgan fingerprint density at radius 1 is 1.45 bits per heavy atom. The quantitative estimate of drug-likeness (QED) is 0.871. The van der Waals surface area contributed by atoms with Gasteiger partial charge in [-0.15, -0.1) is 0 Å². The van der Waals surface area contributed by atoms with Crippen LogP contribution in [0.4, 0.5) is 0 Å². The molecule has 1 saturated heterocycles. The van der Waals surface area contributed by atoms with Crippen molar-refractivity contribution in [3.05, 3.63) is 34.2 Å². The van der Waals surface area contributed by atoms with Crippen molar-refractivity contribution in [2.24, 2.45) is 5.92 Å². The molecule has 2 atom stereocenters. The first-order chi connectivity index (χ1) is 10.4. The second kappa shape index (κ2) is 6.74. The Bertz CT molecular complexity index is 625. The number of carboxylic acids is 1. The summed E-state index contributed by atoms with van der Waals surface area (Å²) >= 11 is 0. The van der Waals surface area contributed by atoms with Crippen LogP contribution in [-0.4, -0.2) is 52.8 Å². The van der Waals surface area contributed by atoms with Crippen molar-refractivity contribution in [2.75, 3.05) is 20.2 Å². The van der Waals surface area contributed by atoms with Crippen molar-refractivity contribution in [1.82, 2.24) is 9.47 Å². The van der Waals surface area contributed by atoms with Crippen LogP contribution >= 0.6 is 0 Å². The summed E-state index contributed by atoms with van der Waals surface area (Å²) in [6.45, 7) is 2.60. The molecule has 1 aromatic rings. The zero-order valence-electron chi connectivity index (χ0n) is 12.7. The normalized spacial score (nSPS) is 21.6. The third-order valence-electron chi connectivity index (χ3n) is 4.04. The van der Waals surface area contributed by atoms with E-state index in [1.807, 2.05) is 0 Å². The first-order valence-corrected chi connectivity index (χ1v) is 7.17. The molecule has 1 N–H and O–H groups in total. The van der Waals surface area contributed by atoms with Gasteiger partial charge in [0.05, 0.1) is 6.10 Å². The summed E-state index contributed by atoms with van der Waals surface area (Å²) in [4.78, 5) is 37.1. The number of piperidine rings is 1. The van der Waals surface area contributed by atoms with Gasteiger partial charge in [0.25, 0.3) is 11.5 Å². The molecule has 0 radical (unpaired) electrons. The number of pyridine rings is 1. The van der Waals surface area contributed by atoms with Crippen LogP contribution < -0.4 is 5.56 Å². The Hall–Kier alpha value is -2.15. The summed E-state index contributed by atoms with van der Waals surface area (Å²) in [5.41, 5.74) is -0.587. The number of hydrogen-bond donors (Lipinski definition) is 1. The Balaban J connectivity index is 2.23. The van der Waals surface area contributed by atoms with Crippen molar-refractivity contribution in [3.8, 4) is 0 Å². The number of aliphatic carboxylic acids is 1. The number of carboxylic acid groups (broad SMARTS) is 1. The minimum atomic E-state index is -1.13. The highest BCUT2D eigenvalue weighted by molar-refractivity contribution is 5.94. The molecule has 0 unspecified atom stereocenters. The zero-order valence-corrected chi connectivity index (χ0v) is 12.7. The standard InChI is InChI=1S/C15H20N2O5/c1-10-5-7-17(8-12(10)22-2)15(21)11-4-3-6-16(14(11)20)9-13(18)19/h3-4,6,10,12H,5,7-9H2,1-2H3,(H,18,19)/t10-,12-/m1/s1. The van der Waals surface area contributed by atoms with Gasteiger partial charge in [0, 0.05) is 26.4 Å². The smallest absolute Gasteiger partial charge is 0.323 e. The topological polar surface area (TPSA) is 88.8 Å². The maximum atomic E-state index is 12.5. The second-order valence-electron chi connectivity index (χ2n) is 5.54. The lowest BCUT2D eigenvalue weighted by molar-refractivity contribution is -0.137. The molecule has 0 aromatic carbocycles. The summed E-state index contributed by atoms with van der Waals surface area (Å²) in [6, 6.07) is 2.95. The molecule has 1 aromatic heterocycles. The summed E-state index contributed by atoms with van der Waals surface area (Å²) in [5.74, 6) is -1.15. The van der Waals surface area contributed by atoms with E-state index in [9.17, 15) is 14.4 Å². The fourth-order valence-electron chi connectivity index (χ4n) is 2.67. The Labute approximate surface area is 128 Å². The molecule has 1 amide bonds. The molecule has 1 fully saturated rings. The number of nitrogens with zero attached hydrogens (tertiary/aromatic N) is 2. The molecule has 7 heteroatoms. The first-order valence-electron chi connectivity index (χ1n) is 7.17. The van der Waals surface area contributed by atoms with Gasteiger partial charge in [-0.25, -0.2) is 0 Å². The molecule has 0 spiro atoms. The number of amides is 1. The second-order valence-corrected chi connectivity index (χ2v) is 5.54. The van der Waals surface area contributed by atoms with E-state index in [1.54, 1.807) is 12.0 Å². The van der Waals surface area contributed by atoms with Gasteiger partial charge < -0.3 is 19.3 Å². The fraction of sp³-hybridized carbons (Fsp3) is 0.533.